The lowest BCUT2D eigenvalue weighted by Gasteiger charge is -2.10. The van der Waals surface area contributed by atoms with Crippen LogP contribution in [0, 0.1) is 28.4 Å². The van der Waals surface area contributed by atoms with Crippen LogP contribution in [-0.4, -0.2) is 16.3 Å². The minimum Gasteiger partial charge on any atom is -0.381 e. The fourth-order valence-corrected chi connectivity index (χ4v) is 1.27. The second-order valence-electron chi connectivity index (χ2n) is 3.20. The van der Waals surface area contributed by atoms with Crippen LogP contribution >= 0.6 is 0 Å². The number of nitrogens with zero attached hydrogens (tertiary/aromatic N) is 3. The third-order valence-corrected chi connectivity index (χ3v) is 2.04. The fourth-order valence-electron chi connectivity index (χ4n) is 1.27. The molecule has 0 unspecified atom stereocenters. The summed E-state index contributed by atoms with van der Waals surface area (Å²) in [6.45, 7) is 1.23. The monoisotopic (exact) mass is 261 g/mol. The van der Waals surface area contributed by atoms with Crippen molar-refractivity contribution in [2.45, 2.75) is 19.7 Å². The topological polar surface area (TPSA) is 89.0 Å². The van der Waals surface area contributed by atoms with Crippen LogP contribution in [0.1, 0.15) is 11.1 Å². The number of nitro groups is 1. The highest BCUT2D eigenvalue weighted by Crippen LogP contribution is 2.33. The van der Waals surface area contributed by atoms with Crippen LogP contribution in [-0.2, 0) is 6.42 Å². The van der Waals surface area contributed by atoms with Gasteiger partial charge < -0.3 is 4.74 Å². The highest BCUT2D eigenvalue weighted by molar-refractivity contribution is 5.51. The molecule has 96 valence electrons. The summed E-state index contributed by atoms with van der Waals surface area (Å²) >= 11 is 0. The highest BCUT2D eigenvalue weighted by atomic mass is 19.4. The molecule has 9 heteroatoms. The Morgan fingerprint density at radius 3 is 2.67 bits per heavy atom. The summed E-state index contributed by atoms with van der Waals surface area (Å²) in [5.74, 6) is -1.13. The summed E-state index contributed by atoms with van der Waals surface area (Å²) in [5.41, 5.74) is -0.783. The van der Waals surface area contributed by atoms with Gasteiger partial charge in [0.15, 0.2) is 0 Å². The van der Waals surface area contributed by atoms with E-state index in [0.717, 1.165) is 6.20 Å². The predicted octanol–water partition coefficient (Wildman–Crippen LogP) is 2.26. The number of hydrogen-bond donors (Lipinski definition) is 0. The van der Waals surface area contributed by atoms with E-state index in [1.165, 1.54) is 6.92 Å². The van der Waals surface area contributed by atoms with Crippen LogP contribution in [0.3, 0.4) is 0 Å². The van der Waals surface area contributed by atoms with E-state index in [2.05, 4.69) is 9.72 Å². The number of rotatable bonds is 3. The smallest absolute Gasteiger partial charge is 0.381 e. The zero-order valence-electron chi connectivity index (χ0n) is 8.98. The quantitative estimate of drug-likeness (QED) is 0.615. The maximum absolute atomic E-state index is 12.0. The fraction of sp³-hybridized carbons (Fsp3) is 0.333. The largest absolute Gasteiger partial charge is 0.574 e. The Bertz CT molecular complexity index is 522. The third kappa shape index (κ3) is 3.07. The Morgan fingerprint density at radius 1 is 1.61 bits per heavy atom. The van der Waals surface area contributed by atoms with Crippen molar-refractivity contribution in [2.24, 2.45) is 0 Å². The molecule has 1 aromatic rings. The molecular weight excluding hydrogens is 255 g/mol. The number of aromatic nitrogens is 1. The molecule has 0 atom stereocenters. The minimum atomic E-state index is -5.07. The molecule has 0 saturated heterocycles. The van der Waals surface area contributed by atoms with Crippen molar-refractivity contribution < 1.29 is 22.8 Å². The van der Waals surface area contributed by atoms with E-state index < -0.39 is 22.9 Å². The van der Waals surface area contributed by atoms with Gasteiger partial charge in [-0.05, 0) is 12.5 Å². The summed E-state index contributed by atoms with van der Waals surface area (Å²) in [5, 5.41) is 19.2. The van der Waals surface area contributed by atoms with Crippen LogP contribution < -0.4 is 4.74 Å². The minimum absolute atomic E-state index is 0.0733. The van der Waals surface area contributed by atoms with Crippen molar-refractivity contribution in [3.8, 4) is 11.9 Å². The normalized spacial score (nSPS) is 10.8. The van der Waals surface area contributed by atoms with Gasteiger partial charge in [0.1, 0.15) is 0 Å². The van der Waals surface area contributed by atoms with Gasteiger partial charge in [0.05, 0.1) is 17.4 Å². The number of alkyl halides is 3. The molecule has 1 rings (SSSR count). The summed E-state index contributed by atoms with van der Waals surface area (Å²) in [7, 11) is 0. The summed E-state index contributed by atoms with van der Waals surface area (Å²) in [6.07, 6.45) is -4.31. The Balaban J connectivity index is 3.33. The molecule has 0 amide bonds. The molecule has 0 spiro atoms. The first-order valence-electron chi connectivity index (χ1n) is 4.52. The average molecular weight is 261 g/mol. The molecular formula is C9H6F3N3O3. The van der Waals surface area contributed by atoms with Gasteiger partial charge in [0, 0.05) is 11.8 Å². The summed E-state index contributed by atoms with van der Waals surface area (Å²) in [4.78, 5) is 12.9. The molecule has 0 aliphatic heterocycles. The lowest BCUT2D eigenvalue weighted by molar-refractivity contribution is -0.389. The van der Waals surface area contributed by atoms with Gasteiger partial charge in [-0.3, -0.25) is 10.1 Å². The molecule has 0 aromatic carbocycles. The first-order chi connectivity index (χ1) is 8.26. The molecule has 0 aliphatic rings. The van der Waals surface area contributed by atoms with E-state index in [-0.39, 0.29) is 17.5 Å². The maximum Gasteiger partial charge on any atom is 0.574 e. The molecule has 6 nitrogen and oxygen atoms in total. The summed E-state index contributed by atoms with van der Waals surface area (Å²) in [6, 6.07) is 1.73. The third-order valence-electron chi connectivity index (χ3n) is 2.04. The van der Waals surface area contributed by atoms with E-state index in [4.69, 9.17) is 5.26 Å². The van der Waals surface area contributed by atoms with Gasteiger partial charge in [-0.15, -0.1) is 13.2 Å². The van der Waals surface area contributed by atoms with E-state index >= 15 is 0 Å². The van der Waals surface area contributed by atoms with E-state index in [1.54, 1.807) is 6.07 Å². The number of hydrogen-bond acceptors (Lipinski definition) is 5. The molecule has 1 aromatic heterocycles. The Kier molecular flexibility index (Phi) is 3.70. The number of ether oxygens (including phenoxy) is 1. The molecule has 1 heterocycles. The number of halogens is 3. The van der Waals surface area contributed by atoms with Crippen LogP contribution in [0.2, 0.25) is 0 Å². The lowest BCUT2D eigenvalue weighted by atomic mass is 10.1. The van der Waals surface area contributed by atoms with Gasteiger partial charge in [0.25, 0.3) is 0 Å². The van der Waals surface area contributed by atoms with E-state index in [9.17, 15) is 23.3 Å². The molecule has 0 saturated carbocycles. The zero-order valence-corrected chi connectivity index (χ0v) is 8.98. The Labute approximate surface area is 98.8 Å². The van der Waals surface area contributed by atoms with Gasteiger partial charge in [0.2, 0.25) is 0 Å². The van der Waals surface area contributed by atoms with Gasteiger partial charge >= 0.3 is 17.9 Å². The van der Waals surface area contributed by atoms with Crippen molar-refractivity contribution in [3.63, 3.8) is 0 Å². The number of nitriles is 1. The Hall–Kier alpha value is -2.37. The molecule has 0 fully saturated rings. The van der Waals surface area contributed by atoms with Crippen molar-refractivity contribution in [1.82, 2.24) is 4.98 Å². The molecule has 0 radical (unpaired) electrons. The predicted molar refractivity (Wildman–Crippen MR) is 51.6 cm³/mol. The highest BCUT2D eigenvalue weighted by Gasteiger charge is 2.36. The van der Waals surface area contributed by atoms with Gasteiger partial charge in [-0.25, -0.2) is 4.98 Å². The average Bonchev–Trinajstić information content (AvgIpc) is 2.19. The first-order valence-corrected chi connectivity index (χ1v) is 4.52. The molecule has 0 bridgehead atoms. The van der Waals surface area contributed by atoms with Crippen LogP contribution in [0.15, 0.2) is 6.20 Å². The standard InChI is InChI=1S/C9H6F3N3O3/c1-5-6(2-3-13)4-14-8(7(5)15(16)17)18-9(10,11)12/h4H,2H2,1H3. The number of pyridine rings is 1. The van der Waals surface area contributed by atoms with Crippen LogP contribution in [0.5, 0.6) is 5.88 Å². The Morgan fingerprint density at radius 2 is 2.22 bits per heavy atom. The maximum atomic E-state index is 12.0. The lowest BCUT2D eigenvalue weighted by Crippen LogP contribution is -2.19. The molecule has 18 heavy (non-hydrogen) atoms. The van der Waals surface area contributed by atoms with Crippen LogP contribution in [0.25, 0.3) is 0 Å². The van der Waals surface area contributed by atoms with Crippen molar-refractivity contribution in [3.05, 3.63) is 27.4 Å². The van der Waals surface area contributed by atoms with E-state index in [1.807, 2.05) is 0 Å². The van der Waals surface area contributed by atoms with Crippen molar-refractivity contribution in [1.29, 1.82) is 5.26 Å². The van der Waals surface area contributed by atoms with Crippen molar-refractivity contribution >= 4 is 5.69 Å². The van der Waals surface area contributed by atoms with Gasteiger partial charge in [-0.2, -0.15) is 5.26 Å². The first kappa shape index (κ1) is 13.7. The summed E-state index contributed by atoms with van der Waals surface area (Å²) < 4.78 is 39.6. The van der Waals surface area contributed by atoms with Crippen LogP contribution in [0.4, 0.5) is 18.9 Å². The second kappa shape index (κ2) is 4.87. The molecule has 0 aliphatic carbocycles. The zero-order chi connectivity index (χ0) is 13.9. The molecule has 0 N–H and O–H groups in total. The second-order valence-corrected chi connectivity index (χ2v) is 3.20. The SMILES string of the molecule is Cc1c(CC#N)cnc(OC(F)(F)F)c1[N+](=O)[O-]. The van der Waals surface area contributed by atoms with Gasteiger partial charge in [-0.1, -0.05) is 0 Å². The van der Waals surface area contributed by atoms with Crippen molar-refractivity contribution in [2.75, 3.05) is 0 Å². The van der Waals surface area contributed by atoms with E-state index in [0.29, 0.717) is 0 Å².